The molecule has 0 aliphatic carbocycles. The molecule has 21 heavy (non-hydrogen) atoms. The monoisotopic (exact) mass is 290 g/mol. The predicted octanol–water partition coefficient (Wildman–Crippen LogP) is 1.28. The minimum absolute atomic E-state index is 0.169. The van der Waals surface area contributed by atoms with Crippen molar-refractivity contribution >= 4 is 22.7 Å². The molecule has 0 aromatic carbocycles. The van der Waals surface area contributed by atoms with E-state index >= 15 is 0 Å². The van der Waals surface area contributed by atoms with Gasteiger partial charge in [0.1, 0.15) is 5.56 Å². The van der Waals surface area contributed by atoms with Crippen molar-refractivity contribution in [2.45, 2.75) is 19.4 Å². The highest BCUT2D eigenvalue weighted by Gasteiger charge is 2.28. The first kappa shape index (κ1) is 13.8. The summed E-state index contributed by atoms with van der Waals surface area (Å²) in [4.78, 5) is 17.9. The maximum Gasteiger partial charge on any atom is 0.339 e. The van der Waals surface area contributed by atoms with Gasteiger partial charge in [0.05, 0.1) is 36.5 Å². The average molecular weight is 290 g/mol. The molecule has 3 rings (SSSR count). The summed E-state index contributed by atoms with van der Waals surface area (Å²) in [7, 11) is 1.80. The zero-order chi connectivity index (χ0) is 15.0. The van der Waals surface area contributed by atoms with Crippen LogP contribution in [0.25, 0.3) is 11.0 Å². The molecule has 1 aliphatic rings. The molecule has 1 fully saturated rings. The molecule has 0 saturated carbocycles. The van der Waals surface area contributed by atoms with Gasteiger partial charge in [0.15, 0.2) is 5.65 Å². The zero-order valence-electron chi connectivity index (χ0n) is 12.1. The second kappa shape index (κ2) is 5.33. The van der Waals surface area contributed by atoms with E-state index in [4.69, 9.17) is 4.74 Å². The highest BCUT2D eigenvalue weighted by atomic mass is 16.5. The Kier molecular flexibility index (Phi) is 3.50. The number of anilines is 1. The van der Waals surface area contributed by atoms with E-state index in [1.54, 1.807) is 17.9 Å². The number of hydrogen-bond acceptors (Lipinski definition) is 5. The van der Waals surface area contributed by atoms with Crippen LogP contribution in [0.2, 0.25) is 0 Å². The molecule has 2 aromatic heterocycles. The van der Waals surface area contributed by atoms with Gasteiger partial charge in [-0.25, -0.2) is 9.78 Å². The van der Waals surface area contributed by atoms with Crippen LogP contribution in [0.5, 0.6) is 0 Å². The summed E-state index contributed by atoms with van der Waals surface area (Å²) in [5.41, 5.74) is 1.61. The third-order valence-corrected chi connectivity index (χ3v) is 3.95. The van der Waals surface area contributed by atoms with E-state index < -0.39 is 5.97 Å². The summed E-state index contributed by atoms with van der Waals surface area (Å²) < 4.78 is 7.18. The van der Waals surface area contributed by atoms with Gasteiger partial charge in [0.2, 0.25) is 0 Å². The number of carboxylic acids is 1. The quantitative estimate of drug-likeness (QED) is 0.917. The summed E-state index contributed by atoms with van der Waals surface area (Å²) in [5, 5.41) is 14.5. The van der Waals surface area contributed by atoms with Crippen molar-refractivity contribution < 1.29 is 14.6 Å². The van der Waals surface area contributed by atoms with Crippen LogP contribution >= 0.6 is 0 Å². The third-order valence-electron chi connectivity index (χ3n) is 3.95. The SMILES string of the molecule is CCC1COCCN1c1c(C(=O)O)cnc2c1cnn2C. The van der Waals surface area contributed by atoms with E-state index in [1.165, 1.54) is 6.20 Å². The molecule has 3 heterocycles. The average Bonchev–Trinajstić information content (AvgIpc) is 2.88. The molecule has 0 amide bonds. The number of nitrogens with zero attached hydrogens (tertiary/aromatic N) is 4. The lowest BCUT2D eigenvalue weighted by molar-refractivity contribution is 0.0693. The van der Waals surface area contributed by atoms with Gasteiger partial charge in [-0.15, -0.1) is 0 Å². The Morgan fingerprint density at radius 2 is 2.33 bits per heavy atom. The van der Waals surface area contributed by atoms with Crippen molar-refractivity contribution in [3.63, 3.8) is 0 Å². The van der Waals surface area contributed by atoms with Crippen LogP contribution in [0.15, 0.2) is 12.4 Å². The van der Waals surface area contributed by atoms with E-state index in [0.717, 1.165) is 11.8 Å². The van der Waals surface area contributed by atoms with Crippen LogP contribution in [0.1, 0.15) is 23.7 Å². The fourth-order valence-corrected chi connectivity index (χ4v) is 2.84. The zero-order valence-corrected chi connectivity index (χ0v) is 12.1. The first-order chi connectivity index (χ1) is 10.1. The van der Waals surface area contributed by atoms with E-state index in [1.807, 2.05) is 0 Å². The lowest BCUT2D eigenvalue weighted by atomic mass is 10.1. The van der Waals surface area contributed by atoms with Gasteiger partial charge in [0.25, 0.3) is 0 Å². The number of carboxylic acid groups (broad SMARTS) is 1. The van der Waals surface area contributed by atoms with Gasteiger partial charge in [-0.1, -0.05) is 6.92 Å². The first-order valence-electron chi connectivity index (χ1n) is 7.01. The summed E-state index contributed by atoms with van der Waals surface area (Å²) >= 11 is 0. The molecular weight excluding hydrogens is 272 g/mol. The Balaban J connectivity index is 2.22. The molecule has 0 radical (unpaired) electrons. The van der Waals surface area contributed by atoms with Gasteiger partial charge < -0.3 is 14.7 Å². The van der Waals surface area contributed by atoms with Crippen molar-refractivity contribution in [3.05, 3.63) is 18.0 Å². The van der Waals surface area contributed by atoms with Gasteiger partial charge in [-0.2, -0.15) is 5.10 Å². The minimum atomic E-state index is -0.968. The highest BCUT2D eigenvalue weighted by molar-refractivity contribution is 6.03. The molecule has 112 valence electrons. The molecule has 7 heteroatoms. The highest BCUT2D eigenvalue weighted by Crippen LogP contribution is 2.32. The van der Waals surface area contributed by atoms with Crippen LogP contribution in [0, 0.1) is 0 Å². The molecule has 1 N–H and O–H groups in total. The van der Waals surface area contributed by atoms with Crippen LogP contribution in [0.3, 0.4) is 0 Å². The summed E-state index contributed by atoms with van der Waals surface area (Å²) in [5.74, 6) is -0.968. The standard InChI is InChI=1S/C14H18N4O3/c1-3-9-8-21-5-4-18(9)12-10-7-16-17(2)13(10)15-6-11(12)14(19)20/h6-7,9H,3-5,8H2,1-2H3,(H,19,20). The second-order valence-electron chi connectivity index (χ2n) is 5.16. The van der Waals surface area contributed by atoms with Crippen LogP contribution < -0.4 is 4.90 Å². The summed E-state index contributed by atoms with van der Waals surface area (Å²) in [6, 6.07) is 0.169. The second-order valence-corrected chi connectivity index (χ2v) is 5.16. The van der Waals surface area contributed by atoms with E-state index in [-0.39, 0.29) is 11.6 Å². The minimum Gasteiger partial charge on any atom is -0.478 e. The normalized spacial score (nSPS) is 19.1. The Morgan fingerprint density at radius 1 is 1.52 bits per heavy atom. The van der Waals surface area contributed by atoms with Gasteiger partial charge in [0, 0.05) is 19.8 Å². The first-order valence-corrected chi connectivity index (χ1v) is 7.01. The topological polar surface area (TPSA) is 80.5 Å². The molecule has 0 spiro atoms. The largest absolute Gasteiger partial charge is 0.478 e. The molecular formula is C14H18N4O3. The molecule has 1 saturated heterocycles. The molecule has 2 aromatic rings. The smallest absolute Gasteiger partial charge is 0.339 e. The maximum absolute atomic E-state index is 11.6. The van der Waals surface area contributed by atoms with Gasteiger partial charge >= 0.3 is 5.97 Å². The number of ether oxygens (including phenoxy) is 1. The number of aromatic nitrogens is 3. The number of fused-ring (bicyclic) bond motifs is 1. The van der Waals surface area contributed by atoms with Crippen LogP contribution in [-0.4, -0.2) is 51.6 Å². The molecule has 7 nitrogen and oxygen atoms in total. The van der Waals surface area contributed by atoms with Crippen molar-refractivity contribution in [3.8, 4) is 0 Å². The van der Waals surface area contributed by atoms with Crippen molar-refractivity contribution in [1.29, 1.82) is 0 Å². The van der Waals surface area contributed by atoms with Gasteiger partial charge in [-0.3, -0.25) is 4.68 Å². The van der Waals surface area contributed by atoms with Crippen molar-refractivity contribution in [1.82, 2.24) is 14.8 Å². The van der Waals surface area contributed by atoms with E-state index in [0.29, 0.717) is 31.1 Å². The van der Waals surface area contributed by atoms with Crippen molar-refractivity contribution in [2.75, 3.05) is 24.7 Å². The summed E-state index contributed by atoms with van der Waals surface area (Å²) in [6.07, 6.45) is 4.00. The molecule has 1 atom stereocenters. The Hall–Kier alpha value is -2.15. The Bertz CT molecular complexity index is 682. The maximum atomic E-state index is 11.6. The Labute approximate surface area is 122 Å². The Morgan fingerprint density at radius 3 is 3.05 bits per heavy atom. The fourth-order valence-electron chi connectivity index (χ4n) is 2.84. The van der Waals surface area contributed by atoms with Crippen LogP contribution in [-0.2, 0) is 11.8 Å². The number of morpholine rings is 1. The number of rotatable bonds is 3. The molecule has 1 aliphatic heterocycles. The third kappa shape index (κ3) is 2.23. The number of carbonyl (C=O) groups is 1. The number of hydrogen-bond donors (Lipinski definition) is 1. The van der Waals surface area contributed by atoms with Crippen LogP contribution in [0.4, 0.5) is 5.69 Å². The number of aromatic carboxylic acids is 1. The lowest BCUT2D eigenvalue weighted by Gasteiger charge is -2.37. The molecule has 1 unspecified atom stereocenters. The number of aryl methyl sites for hydroxylation is 1. The fraction of sp³-hybridized carbons (Fsp3) is 0.500. The predicted molar refractivity (Wildman–Crippen MR) is 77.7 cm³/mol. The van der Waals surface area contributed by atoms with E-state index in [2.05, 4.69) is 21.9 Å². The van der Waals surface area contributed by atoms with Crippen molar-refractivity contribution in [2.24, 2.45) is 7.05 Å². The summed E-state index contributed by atoms with van der Waals surface area (Å²) in [6.45, 7) is 3.96. The van der Waals surface area contributed by atoms with E-state index in [9.17, 15) is 9.90 Å². The lowest BCUT2D eigenvalue weighted by Crippen LogP contribution is -2.46. The number of pyridine rings is 1. The molecule has 0 bridgehead atoms. The van der Waals surface area contributed by atoms with Gasteiger partial charge in [-0.05, 0) is 6.42 Å².